The van der Waals surface area contributed by atoms with E-state index in [1.807, 2.05) is 6.07 Å². The molecule has 0 amide bonds. The van der Waals surface area contributed by atoms with E-state index >= 15 is 0 Å². The van der Waals surface area contributed by atoms with Gasteiger partial charge in [-0.1, -0.05) is 44.8 Å². The van der Waals surface area contributed by atoms with Gasteiger partial charge in [0, 0.05) is 15.0 Å². The molecular weight excluding hydrogens is 397 g/mol. The largest absolute Gasteiger partial charge is 0.310 e. The van der Waals surface area contributed by atoms with Crippen LogP contribution in [0.5, 0.6) is 0 Å². The zero-order valence-electron chi connectivity index (χ0n) is 12.1. The minimum atomic E-state index is -0.208. The number of hydrogen-bond donors (Lipinski definition) is 1. The third-order valence-corrected chi connectivity index (χ3v) is 4.20. The van der Waals surface area contributed by atoms with E-state index in [0.29, 0.717) is 0 Å². The van der Waals surface area contributed by atoms with Gasteiger partial charge >= 0.3 is 0 Å². The van der Waals surface area contributed by atoms with E-state index in [9.17, 15) is 4.39 Å². The second-order valence-corrected chi connectivity index (χ2v) is 6.99. The average Bonchev–Trinajstić information content (AvgIpc) is 2.35. The molecule has 0 aliphatic rings. The van der Waals surface area contributed by atoms with Crippen LogP contribution < -0.4 is 5.32 Å². The molecule has 0 heterocycles. The fourth-order valence-electron chi connectivity index (χ4n) is 2.48. The topological polar surface area (TPSA) is 12.0 Å². The molecule has 2 aromatic carbocycles. The summed E-state index contributed by atoms with van der Waals surface area (Å²) in [5.41, 5.74) is 3.40. The van der Waals surface area contributed by atoms with Gasteiger partial charge in [-0.25, -0.2) is 4.39 Å². The summed E-state index contributed by atoms with van der Waals surface area (Å²) in [7, 11) is 0. The number of benzene rings is 2. The molecule has 0 aliphatic carbocycles. The first-order valence-corrected chi connectivity index (χ1v) is 8.52. The van der Waals surface area contributed by atoms with Crippen molar-refractivity contribution in [2.75, 3.05) is 6.54 Å². The van der Waals surface area contributed by atoms with E-state index in [0.717, 1.165) is 27.5 Å². The van der Waals surface area contributed by atoms with Crippen molar-refractivity contribution in [1.29, 1.82) is 0 Å². The van der Waals surface area contributed by atoms with Crippen molar-refractivity contribution in [3.8, 4) is 0 Å². The molecule has 0 aromatic heterocycles. The number of likely N-dealkylation sites (N-methyl/N-ethyl adjacent to an activating group) is 1. The van der Waals surface area contributed by atoms with Crippen molar-refractivity contribution in [2.24, 2.45) is 0 Å². The van der Waals surface area contributed by atoms with Crippen molar-refractivity contribution in [1.82, 2.24) is 5.32 Å². The number of rotatable bonds is 5. The summed E-state index contributed by atoms with van der Waals surface area (Å²) < 4.78 is 15.4. The number of halogens is 3. The van der Waals surface area contributed by atoms with Crippen LogP contribution in [0.15, 0.2) is 45.3 Å². The molecule has 0 saturated carbocycles. The Kier molecular flexibility index (Phi) is 5.97. The minimum absolute atomic E-state index is 0.167. The highest BCUT2D eigenvalue weighted by molar-refractivity contribution is 9.10. The summed E-state index contributed by atoms with van der Waals surface area (Å²) in [4.78, 5) is 0. The number of aryl methyl sites for hydroxylation is 1. The van der Waals surface area contributed by atoms with E-state index in [-0.39, 0.29) is 11.9 Å². The van der Waals surface area contributed by atoms with Gasteiger partial charge in [0.1, 0.15) is 5.82 Å². The van der Waals surface area contributed by atoms with E-state index in [4.69, 9.17) is 0 Å². The Labute approximate surface area is 142 Å². The SMILES string of the molecule is CCNC(Cc1cc(F)cc(Br)c1)c1cc(C)cc(Br)c1. The summed E-state index contributed by atoms with van der Waals surface area (Å²) in [6.45, 7) is 5.03. The van der Waals surface area contributed by atoms with Crippen LogP contribution in [-0.4, -0.2) is 6.54 Å². The molecule has 1 atom stereocenters. The Morgan fingerprint density at radius 1 is 1.05 bits per heavy atom. The molecule has 0 saturated heterocycles. The molecule has 0 spiro atoms. The summed E-state index contributed by atoms with van der Waals surface area (Å²) in [5.74, 6) is -0.208. The average molecular weight is 415 g/mol. The van der Waals surface area contributed by atoms with Crippen molar-refractivity contribution < 1.29 is 4.39 Å². The molecule has 0 aliphatic heterocycles. The minimum Gasteiger partial charge on any atom is -0.310 e. The Bertz CT molecular complexity index is 588. The van der Waals surface area contributed by atoms with Crippen LogP contribution in [0, 0.1) is 12.7 Å². The highest BCUT2D eigenvalue weighted by atomic mass is 79.9. The lowest BCUT2D eigenvalue weighted by molar-refractivity contribution is 0.546. The van der Waals surface area contributed by atoms with E-state index in [2.05, 4.69) is 69.2 Å². The van der Waals surface area contributed by atoms with Gasteiger partial charge in [-0.15, -0.1) is 0 Å². The van der Waals surface area contributed by atoms with Gasteiger partial charge in [-0.05, 0) is 66.9 Å². The normalized spacial score (nSPS) is 12.4. The molecule has 112 valence electrons. The van der Waals surface area contributed by atoms with Crippen molar-refractivity contribution in [3.63, 3.8) is 0 Å². The Hall–Kier alpha value is -0.710. The second-order valence-electron chi connectivity index (χ2n) is 5.15. The van der Waals surface area contributed by atoms with Gasteiger partial charge in [0.2, 0.25) is 0 Å². The lowest BCUT2D eigenvalue weighted by Gasteiger charge is -2.20. The third-order valence-electron chi connectivity index (χ3n) is 3.28. The maximum Gasteiger partial charge on any atom is 0.124 e. The van der Waals surface area contributed by atoms with Gasteiger partial charge in [-0.2, -0.15) is 0 Å². The second kappa shape index (κ2) is 7.52. The molecule has 1 N–H and O–H groups in total. The van der Waals surface area contributed by atoms with Gasteiger partial charge in [0.25, 0.3) is 0 Å². The molecular formula is C17H18Br2FN. The van der Waals surface area contributed by atoms with Gasteiger partial charge in [-0.3, -0.25) is 0 Å². The predicted octanol–water partition coefficient (Wildman–Crippen LogP) is 5.55. The molecule has 4 heteroatoms. The summed E-state index contributed by atoms with van der Waals surface area (Å²) in [6.07, 6.45) is 0.750. The quantitative estimate of drug-likeness (QED) is 0.675. The fraction of sp³-hybridized carbons (Fsp3) is 0.294. The van der Waals surface area contributed by atoms with Crippen LogP contribution in [0.4, 0.5) is 4.39 Å². The van der Waals surface area contributed by atoms with Crippen molar-refractivity contribution in [2.45, 2.75) is 26.3 Å². The summed E-state index contributed by atoms with van der Waals surface area (Å²) >= 11 is 6.90. The Morgan fingerprint density at radius 2 is 1.76 bits per heavy atom. The first-order valence-electron chi connectivity index (χ1n) is 6.93. The molecule has 0 radical (unpaired) electrons. The zero-order valence-corrected chi connectivity index (χ0v) is 15.3. The fourth-order valence-corrected chi connectivity index (χ4v) is 3.62. The highest BCUT2D eigenvalue weighted by Crippen LogP contribution is 2.25. The molecule has 2 aromatic rings. The Morgan fingerprint density at radius 3 is 2.38 bits per heavy atom. The van der Waals surface area contributed by atoms with Crippen LogP contribution in [0.1, 0.15) is 29.7 Å². The predicted molar refractivity (Wildman–Crippen MR) is 93.1 cm³/mol. The maximum atomic E-state index is 13.5. The summed E-state index contributed by atoms with van der Waals surface area (Å²) in [5, 5.41) is 3.48. The number of hydrogen-bond acceptors (Lipinski definition) is 1. The van der Waals surface area contributed by atoms with E-state index in [1.54, 1.807) is 6.07 Å². The zero-order chi connectivity index (χ0) is 15.4. The molecule has 21 heavy (non-hydrogen) atoms. The number of nitrogens with one attached hydrogen (secondary N) is 1. The highest BCUT2D eigenvalue weighted by Gasteiger charge is 2.13. The summed E-state index contributed by atoms with van der Waals surface area (Å²) in [6, 6.07) is 11.6. The van der Waals surface area contributed by atoms with Crippen LogP contribution >= 0.6 is 31.9 Å². The van der Waals surface area contributed by atoms with Gasteiger partial charge < -0.3 is 5.32 Å². The first-order chi connectivity index (χ1) is 9.97. The smallest absolute Gasteiger partial charge is 0.124 e. The molecule has 1 nitrogen and oxygen atoms in total. The lowest BCUT2D eigenvalue weighted by Crippen LogP contribution is -2.23. The maximum absolute atomic E-state index is 13.5. The standard InChI is InChI=1S/C17H18Br2FN/c1-3-21-17(13-4-11(2)5-14(18)9-13)8-12-6-15(19)10-16(20)7-12/h4-7,9-10,17,21H,3,8H2,1-2H3. The van der Waals surface area contributed by atoms with Crippen LogP contribution in [-0.2, 0) is 6.42 Å². The van der Waals surface area contributed by atoms with Crippen LogP contribution in [0.3, 0.4) is 0 Å². The van der Waals surface area contributed by atoms with Gasteiger partial charge in [0.15, 0.2) is 0 Å². The molecule has 1 unspecified atom stereocenters. The van der Waals surface area contributed by atoms with Gasteiger partial charge in [0.05, 0.1) is 0 Å². The van der Waals surface area contributed by atoms with Crippen LogP contribution in [0.25, 0.3) is 0 Å². The van der Waals surface area contributed by atoms with E-state index in [1.165, 1.54) is 17.2 Å². The molecule has 2 rings (SSSR count). The monoisotopic (exact) mass is 413 g/mol. The first kappa shape index (κ1) is 16.7. The third kappa shape index (κ3) is 4.90. The van der Waals surface area contributed by atoms with Crippen LogP contribution in [0.2, 0.25) is 0 Å². The van der Waals surface area contributed by atoms with Crippen molar-refractivity contribution >= 4 is 31.9 Å². The lowest BCUT2D eigenvalue weighted by atomic mass is 9.97. The molecule has 0 bridgehead atoms. The Balaban J connectivity index is 2.30. The molecule has 0 fully saturated rings. The van der Waals surface area contributed by atoms with Crippen molar-refractivity contribution in [3.05, 3.63) is 67.9 Å². The van der Waals surface area contributed by atoms with E-state index < -0.39 is 0 Å².